The molecule has 112 valence electrons. The monoisotopic (exact) mass is 326 g/mol. The second-order valence-corrected chi connectivity index (χ2v) is 6.05. The molecular formula is C16H16Cl2O3. The molecular weight excluding hydrogens is 311 g/mol. The van der Waals surface area contributed by atoms with Gasteiger partial charge in [0.15, 0.2) is 0 Å². The summed E-state index contributed by atoms with van der Waals surface area (Å²) in [6.45, 7) is 1.73. The molecule has 0 aliphatic heterocycles. The van der Waals surface area contributed by atoms with Gasteiger partial charge in [-0.25, -0.2) is 0 Å². The average molecular weight is 327 g/mol. The van der Waals surface area contributed by atoms with Crippen molar-refractivity contribution in [1.29, 1.82) is 0 Å². The standard InChI is InChI=1S/C16H16Cl2O3/c1-2-12(19)15(9-6-7-10(17)11(18)8-9)16-13(20)4-3-5-14(16)21/h6-8,15-16H,2-5H2,1H3. The van der Waals surface area contributed by atoms with Crippen molar-refractivity contribution >= 4 is 40.6 Å². The lowest BCUT2D eigenvalue weighted by Crippen LogP contribution is -2.37. The maximum Gasteiger partial charge on any atom is 0.144 e. The van der Waals surface area contributed by atoms with Gasteiger partial charge < -0.3 is 0 Å². The summed E-state index contributed by atoms with van der Waals surface area (Å²) >= 11 is 11.9. The number of Topliss-reactive ketones (excluding diaryl/α,β-unsaturated/α-hetero) is 3. The van der Waals surface area contributed by atoms with Crippen LogP contribution in [0.3, 0.4) is 0 Å². The van der Waals surface area contributed by atoms with Crippen molar-refractivity contribution in [3.8, 4) is 0 Å². The Labute approximate surface area is 133 Å². The van der Waals surface area contributed by atoms with Crippen LogP contribution < -0.4 is 0 Å². The number of ketones is 3. The summed E-state index contributed by atoms with van der Waals surface area (Å²) in [7, 11) is 0. The Kier molecular flexibility index (Phi) is 5.17. The molecule has 5 heteroatoms. The van der Waals surface area contributed by atoms with Crippen molar-refractivity contribution in [2.75, 3.05) is 0 Å². The van der Waals surface area contributed by atoms with Crippen molar-refractivity contribution < 1.29 is 14.4 Å². The van der Waals surface area contributed by atoms with E-state index in [-0.39, 0.29) is 23.8 Å². The van der Waals surface area contributed by atoms with E-state index in [1.54, 1.807) is 25.1 Å². The summed E-state index contributed by atoms with van der Waals surface area (Å²) in [5.41, 5.74) is 0.588. The lowest BCUT2D eigenvalue weighted by atomic mass is 9.73. The fraction of sp³-hybridized carbons (Fsp3) is 0.438. The highest BCUT2D eigenvalue weighted by Crippen LogP contribution is 2.36. The van der Waals surface area contributed by atoms with Gasteiger partial charge in [-0.1, -0.05) is 36.2 Å². The van der Waals surface area contributed by atoms with E-state index >= 15 is 0 Å². The highest BCUT2D eigenvalue weighted by Gasteiger charge is 2.40. The number of carbonyl (C=O) groups excluding carboxylic acids is 3. The van der Waals surface area contributed by atoms with Gasteiger partial charge in [-0.2, -0.15) is 0 Å². The van der Waals surface area contributed by atoms with Gasteiger partial charge >= 0.3 is 0 Å². The second kappa shape index (κ2) is 6.71. The zero-order valence-corrected chi connectivity index (χ0v) is 13.2. The molecule has 1 unspecified atom stereocenters. The van der Waals surface area contributed by atoms with Gasteiger partial charge in [-0.05, 0) is 24.1 Å². The van der Waals surface area contributed by atoms with Crippen LogP contribution in [0.5, 0.6) is 0 Å². The van der Waals surface area contributed by atoms with Crippen LogP contribution in [0.25, 0.3) is 0 Å². The van der Waals surface area contributed by atoms with E-state index in [0.29, 0.717) is 34.9 Å². The Morgan fingerprint density at radius 2 is 1.81 bits per heavy atom. The molecule has 1 aliphatic rings. The normalized spacial score (nSPS) is 17.9. The molecule has 2 rings (SSSR count). The van der Waals surface area contributed by atoms with Crippen LogP contribution in [0.2, 0.25) is 10.0 Å². The molecule has 0 bridgehead atoms. The number of halogens is 2. The Morgan fingerprint density at radius 3 is 2.33 bits per heavy atom. The topological polar surface area (TPSA) is 51.2 Å². The molecule has 1 atom stereocenters. The molecule has 3 nitrogen and oxygen atoms in total. The summed E-state index contributed by atoms with van der Waals surface area (Å²) in [6, 6.07) is 4.84. The minimum Gasteiger partial charge on any atom is -0.299 e. The third-order valence-electron chi connectivity index (χ3n) is 3.87. The van der Waals surface area contributed by atoms with Crippen LogP contribution in [0.4, 0.5) is 0 Å². The van der Waals surface area contributed by atoms with E-state index < -0.39 is 11.8 Å². The van der Waals surface area contributed by atoms with E-state index in [2.05, 4.69) is 0 Å². The van der Waals surface area contributed by atoms with Crippen molar-refractivity contribution in [1.82, 2.24) is 0 Å². The fourth-order valence-corrected chi connectivity index (χ4v) is 3.10. The molecule has 1 aromatic carbocycles. The molecule has 1 aliphatic carbocycles. The predicted octanol–water partition coefficient (Wildman–Crippen LogP) is 3.99. The first-order valence-corrected chi connectivity index (χ1v) is 7.74. The molecule has 0 spiro atoms. The van der Waals surface area contributed by atoms with E-state index in [9.17, 15) is 14.4 Å². The SMILES string of the molecule is CCC(=O)C(c1ccc(Cl)c(Cl)c1)C1C(=O)CCCC1=O. The molecule has 0 amide bonds. The lowest BCUT2D eigenvalue weighted by Gasteiger charge is -2.27. The zero-order chi connectivity index (χ0) is 15.6. The molecule has 1 fully saturated rings. The van der Waals surface area contributed by atoms with Crippen LogP contribution >= 0.6 is 23.2 Å². The molecule has 1 aromatic rings. The third kappa shape index (κ3) is 3.35. The molecule has 0 saturated heterocycles. The fourth-order valence-electron chi connectivity index (χ4n) is 2.79. The van der Waals surface area contributed by atoms with Crippen molar-refractivity contribution in [3.63, 3.8) is 0 Å². The van der Waals surface area contributed by atoms with Gasteiger partial charge in [0.2, 0.25) is 0 Å². The number of hydrogen-bond donors (Lipinski definition) is 0. The first-order valence-electron chi connectivity index (χ1n) is 6.98. The summed E-state index contributed by atoms with van der Waals surface area (Å²) in [5.74, 6) is -2.04. The van der Waals surface area contributed by atoms with Crippen LogP contribution in [0.1, 0.15) is 44.1 Å². The lowest BCUT2D eigenvalue weighted by molar-refractivity contribution is -0.140. The van der Waals surface area contributed by atoms with Crippen molar-refractivity contribution in [3.05, 3.63) is 33.8 Å². The average Bonchev–Trinajstić information content (AvgIpc) is 2.45. The number of carbonyl (C=O) groups is 3. The summed E-state index contributed by atoms with van der Waals surface area (Å²) in [5, 5.41) is 0.697. The summed E-state index contributed by atoms with van der Waals surface area (Å²) in [4.78, 5) is 36.6. The van der Waals surface area contributed by atoms with Gasteiger partial charge in [-0.3, -0.25) is 14.4 Å². The number of hydrogen-bond acceptors (Lipinski definition) is 3. The first kappa shape index (κ1) is 16.2. The van der Waals surface area contributed by atoms with Gasteiger partial charge in [0.05, 0.1) is 21.9 Å². The number of benzene rings is 1. The van der Waals surface area contributed by atoms with E-state index in [4.69, 9.17) is 23.2 Å². The second-order valence-electron chi connectivity index (χ2n) is 5.23. The zero-order valence-electron chi connectivity index (χ0n) is 11.7. The summed E-state index contributed by atoms with van der Waals surface area (Å²) in [6.07, 6.45) is 1.54. The molecule has 0 aromatic heterocycles. The van der Waals surface area contributed by atoms with Gasteiger partial charge in [0.1, 0.15) is 17.3 Å². The number of rotatable bonds is 4. The first-order chi connectivity index (χ1) is 9.95. The van der Waals surface area contributed by atoms with Gasteiger partial charge in [-0.15, -0.1) is 0 Å². The quantitative estimate of drug-likeness (QED) is 0.786. The maximum atomic E-state index is 12.3. The highest BCUT2D eigenvalue weighted by molar-refractivity contribution is 6.42. The Morgan fingerprint density at radius 1 is 1.19 bits per heavy atom. The van der Waals surface area contributed by atoms with Crippen molar-refractivity contribution in [2.45, 2.75) is 38.5 Å². The van der Waals surface area contributed by atoms with Crippen LogP contribution in [0, 0.1) is 5.92 Å². The van der Waals surface area contributed by atoms with E-state index in [0.717, 1.165) is 0 Å². The molecule has 0 N–H and O–H groups in total. The van der Waals surface area contributed by atoms with Gasteiger partial charge in [0.25, 0.3) is 0 Å². The largest absolute Gasteiger partial charge is 0.299 e. The van der Waals surface area contributed by atoms with Crippen LogP contribution in [-0.4, -0.2) is 17.3 Å². The Balaban J connectivity index is 2.47. The smallest absolute Gasteiger partial charge is 0.144 e. The minimum atomic E-state index is -0.872. The molecule has 21 heavy (non-hydrogen) atoms. The minimum absolute atomic E-state index is 0.123. The maximum absolute atomic E-state index is 12.3. The van der Waals surface area contributed by atoms with Crippen LogP contribution in [0.15, 0.2) is 18.2 Å². The van der Waals surface area contributed by atoms with Crippen molar-refractivity contribution in [2.24, 2.45) is 5.92 Å². The summed E-state index contributed by atoms with van der Waals surface area (Å²) < 4.78 is 0. The van der Waals surface area contributed by atoms with E-state index in [1.165, 1.54) is 0 Å². The highest BCUT2D eigenvalue weighted by atomic mass is 35.5. The third-order valence-corrected chi connectivity index (χ3v) is 4.61. The van der Waals surface area contributed by atoms with E-state index in [1.807, 2.05) is 0 Å². The Bertz CT molecular complexity index is 579. The van der Waals surface area contributed by atoms with Crippen LogP contribution in [-0.2, 0) is 14.4 Å². The Hall–Kier alpha value is -1.19. The molecule has 0 radical (unpaired) electrons. The predicted molar refractivity (Wildman–Crippen MR) is 81.9 cm³/mol. The molecule has 1 saturated carbocycles. The van der Waals surface area contributed by atoms with Gasteiger partial charge in [0, 0.05) is 19.3 Å². The molecule has 0 heterocycles.